The third-order valence-corrected chi connectivity index (χ3v) is 12.1. The molecule has 0 bridgehead atoms. The Hall–Kier alpha value is -5.47. The highest BCUT2D eigenvalue weighted by Crippen LogP contribution is 2.31. The minimum Gasteiger partial charge on any atom is -0.381 e. The lowest BCUT2D eigenvalue weighted by Gasteiger charge is -2.36. The first-order chi connectivity index (χ1) is 27.6. The summed E-state index contributed by atoms with van der Waals surface area (Å²) in [5.41, 5.74) is 5.81. The van der Waals surface area contributed by atoms with Crippen molar-refractivity contribution in [1.82, 2.24) is 9.62 Å². The van der Waals surface area contributed by atoms with Gasteiger partial charge in [0.15, 0.2) is 0 Å². The number of halogens is 1. The van der Waals surface area contributed by atoms with Gasteiger partial charge in [-0.05, 0) is 83.5 Å². The number of benzene rings is 5. The molecule has 5 aromatic carbocycles. The summed E-state index contributed by atoms with van der Waals surface area (Å²) >= 11 is 6.15. The Labute approximate surface area is 338 Å². The molecular formula is C43H45ClN6O6S. The molecule has 2 heterocycles. The van der Waals surface area contributed by atoms with Gasteiger partial charge in [0.1, 0.15) is 5.69 Å². The summed E-state index contributed by atoms with van der Waals surface area (Å²) in [7, 11) is -4.48. The topological polar surface area (TPSA) is 146 Å². The maximum Gasteiger partial charge on any atom is 0.293 e. The van der Waals surface area contributed by atoms with Gasteiger partial charge in [0, 0.05) is 81.5 Å². The predicted molar refractivity (Wildman–Crippen MR) is 224 cm³/mol. The number of anilines is 3. The Morgan fingerprint density at radius 1 is 0.825 bits per heavy atom. The number of carbonyl (C=O) groups excluding carboxylic acids is 1. The van der Waals surface area contributed by atoms with E-state index in [2.05, 4.69) is 43.4 Å². The van der Waals surface area contributed by atoms with Crippen LogP contribution in [0.15, 0.2) is 120 Å². The lowest BCUT2D eigenvalue weighted by Crippen LogP contribution is -2.46. The number of hydrogen-bond donors (Lipinski definition) is 3. The van der Waals surface area contributed by atoms with Crippen LogP contribution in [0.2, 0.25) is 5.02 Å². The zero-order valence-corrected chi connectivity index (χ0v) is 33.0. The first kappa shape index (κ1) is 39.8. The van der Waals surface area contributed by atoms with E-state index in [1.54, 1.807) is 6.07 Å². The Morgan fingerprint density at radius 3 is 2.28 bits per heavy atom. The average Bonchev–Trinajstić information content (AvgIpc) is 3.23. The fourth-order valence-electron chi connectivity index (χ4n) is 7.26. The van der Waals surface area contributed by atoms with Crippen LogP contribution in [0.25, 0.3) is 11.1 Å². The Bertz CT molecular complexity index is 2300. The van der Waals surface area contributed by atoms with Crippen molar-refractivity contribution in [2.24, 2.45) is 5.92 Å². The number of rotatable bonds is 14. The number of amides is 1. The number of nitrogens with one attached hydrogen (secondary N) is 3. The largest absolute Gasteiger partial charge is 0.381 e. The van der Waals surface area contributed by atoms with Crippen molar-refractivity contribution >= 4 is 50.3 Å². The second-order valence-electron chi connectivity index (χ2n) is 14.3. The monoisotopic (exact) mass is 808 g/mol. The maximum atomic E-state index is 13.8. The molecule has 7 rings (SSSR count). The Balaban J connectivity index is 1.06. The van der Waals surface area contributed by atoms with E-state index < -0.39 is 26.5 Å². The zero-order chi connectivity index (χ0) is 39.8. The summed E-state index contributed by atoms with van der Waals surface area (Å²) < 4.78 is 34.7. The average molecular weight is 809 g/mol. The Morgan fingerprint density at radius 2 is 1.54 bits per heavy atom. The molecule has 0 spiro atoms. The van der Waals surface area contributed by atoms with E-state index >= 15 is 0 Å². The van der Waals surface area contributed by atoms with Gasteiger partial charge < -0.3 is 20.3 Å². The number of hydrogen-bond acceptors (Lipinski definition) is 10. The van der Waals surface area contributed by atoms with E-state index in [9.17, 15) is 23.3 Å². The van der Waals surface area contributed by atoms with Crippen LogP contribution in [-0.4, -0.2) is 70.1 Å². The van der Waals surface area contributed by atoms with Crippen LogP contribution < -0.4 is 20.3 Å². The normalized spacial score (nSPS) is 15.2. The summed E-state index contributed by atoms with van der Waals surface area (Å²) in [4.78, 5) is 29.4. The lowest BCUT2D eigenvalue weighted by molar-refractivity contribution is -0.384. The van der Waals surface area contributed by atoms with E-state index in [0.29, 0.717) is 37.0 Å². The minimum absolute atomic E-state index is 0.125. The van der Waals surface area contributed by atoms with Crippen molar-refractivity contribution in [3.05, 3.63) is 147 Å². The van der Waals surface area contributed by atoms with Crippen LogP contribution in [0.3, 0.4) is 0 Å². The number of sulfonamides is 1. The van der Waals surface area contributed by atoms with Crippen LogP contribution in [0, 0.1) is 16.0 Å². The predicted octanol–water partition coefficient (Wildman–Crippen LogP) is 7.81. The molecule has 0 atom stereocenters. The molecule has 0 unspecified atom stereocenters. The van der Waals surface area contributed by atoms with Gasteiger partial charge in [0.25, 0.3) is 21.6 Å². The quantitative estimate of drug-likeness (QED) is 0.0751. The van der Waals surface area contributed by atoms with Crippen LogP contribution in [0.1, 0.15) is 34.3 Å². The molecular weight excluding hydrogens is 764 g/mol. The first-order valence-electron chi connectivity index (χ1n) is 19.0. The van der Waals surface area contributed by atoms with Crippen molar-refractivity contribution < 1.29 is 22.9 Å². The van der Waals surface area contributed by atoms with Crippen molar-refractivity contribution in [1.29, 1.82) is 0 Å². The number of piperazine rings is 1. The molecule has 0 saturated carbocycles. The summed E-state index contributed by atoms with van der Waals surface area (Å²) in [5, 5.41) is 19.2. The number of ether oxygens (including phenoxy) is 1. The van der Waals surface area contributed by atoms with Gasteiger partial charge in [-0.15, -0.1) is 0 Å². The van der Waals surface area contributed by atoms with Gasteiger partial charge in [-0.3, -0.25) is 19.8 Å². The molecule has 2 saturated heterocycles. The fraction of sp³-hybridized carbons (Fsp3) is 0.279. The Kier molecular flexibility index (Phi) is 12.7. The highest BCUT2D eigenvalue weighted by molar-refractivity contribution is 7.90. The van der Waals surface area contributed by atoms with Crippen molar-refractivity contribution in [3.63, 3.8) is 0 Å². The SMILES string of the molecule is O=C(NS(=O)(=O)c1ccc(NCC2CCOCC2)c([N+](=O)[O-])c1)c1ccc(N2CCN(Cc3ccccc3-c3ccc(Cl)cc3)CC2)cc1NCc1ccccc1. The van der Waals surface area contributed by atoms with E-state index in [-0.39, 0.29) is 22.1 Å². The summed E-state index contributed by atoms with van der Waals surface area (Å²) in [6.07, 6.45) is 1.67. The van der Waals surface area contributed by atoms with Crippen LogP contribution >= 0.6 is 11.6 Å². The number of nitro benzene ring substituents is 1. The van der Waals surface area contributed by atoms with Crippen LogP contribution in [0.4, 0.5) is 22.7 Å². The molecule has 0 radical (unpaired) electrons. The molecule has 57 heavy (non-hydrogen) atoms. The highest BCUT2D eigenvalue weighted by atomic mass is 35.5. The van der Waals surface area contributed by atoms with E-state index in [0.717, 1.165) is 68.4 Å². The third-order valence-electron chi connectivity index (χ3n) is 10.5. The van der Waals surface area contributed by atoms with Gasteiger partial charge in [-0.25, -0.2) is 13.1 Å². The van der Waals surface area contributed by atoms with E-state index in [4.69, 9.17) is 16.3 Å². The summed E-state index contributed by atoms with van der Waals surface area (Å²) in [6.45, 7) is 6.09. The minimum atomic E-state index is -4.48. The number of nitrogens with zero attached hydrogens (tertiary/aromatic N) is 3. The molecule has 2 fully saturated rings. The van der Waals surface area contributed by atoms with Gasteiger partial charge in [0.05, 0.1) is 15.4 Å². The zero-order valence-electron chi connectivity index (χ0n) is 31.4. The second-order valence-corrected chi connectivity index (χ2v) is 16.4. The standard InChI is InChI=1S/C43H45ClN6O6S/c44-35-12-10-33(11-13-35)38-9-5-4-8-34(38)30-48-20-22-49(23-21-48)36-14-16-39(41(26-36)46-28-31-6-2-1-3-7-31)43(51)47-57(54,55)37-15-17-40(42(27-37)50(52)53)45-29-32-18-24-56-25-19-32/h1-17,26-27,32,45-46H,18-25,28-30H2,(H,47,51). The second kappa shape index (κ2) is 18.2. The van der Waals surface area contributed by atoms with Gasteiger partial charge >= 0.3 is 0 Å². The van der Waals surface area contributed by atoms with Crippen LogP contribution in [-0.2, 0) is 27.8 Å². The molecule has 3 N–H and O–H groups in total. The fourth-order valence-corrected chi connectivity index (χ4v) is 8.37. The lowest BCUT2D eigenvalue weighted by atomic mass is 9.99. The van der Waals surface area contributed by atoms with Crippen LogP contribution in [0.5, 0.6) is 0 Å². The molecule has 296 valence electrons. The van der Waals surface area contributed by atoms with Crippen molar-refractivity contribution in [2.45, 2.75) is 30.8 Å². The van der Waals surface area contributed by atoms with Gasteiger partial charge in [-0.2, -0.15) is 0 Å². The number of carbonyl (C=O) groups is 1. The maximum absolute atomic E-state index is 13.8. The molecule has 14 heteroatoms. The van der Waals surface area contributed by atoms with Crippen molar-refractivity contribution in [3.8, 4) is 11.1 Å². The van der Waals surface area contributed by atoms with Crippen molar-refractivity contribution in [2.75, 3.05) is 61.5 Å². The van der Waals surface area contributed by atoms with Gasteiger partial charge in [-0.1, -0.05) is 78.3 Å². The molecule has 5 aromatic rings. The molecule has 0 aromatic heterocycles. The first-order valence-corrected chi connectivity index (χ1v) is 20.9. The molecule has 1 amide bonds. The molecule has 0 aliphatic carbocycles. The highest BCUT2D eigenvalue weighted by Gasteiger charge is 2.27. The number of nitro groups is 1. The third kappa shape index (κ3) is 10.1. The molecule has 2 aliphatic rings. The summed E-state index contributed by atoms with van der Waals surface area (Å²) in [6, 6.07) is 34.9. The molecule has 2 aliphatic heterocycles. The smallest absolute Gasteiger partial charge is 0.293 e. The molecule has 12 nitrogen and oxygen atoms in total. The van der Waals surface area contributed by atoms with E-state index in [1.807, 2.05) is 72.8 Å². The van der Waals surface area contributed by atoms with E-state index in [1.165, 1.54) is 23.3 Å². The summed E-state index contributed by atoms with van der Waals surface area (Å²) in [5.74, 6) is -0.568. The van der Waals surface area contributed by atoms with Gasteiger partial charge in [0.2, 0.25) is 0 Å².